The quantitative estimate of drug-likeness (QED) is 0.807. The Morgan fingerprint density at radius 1 is 1.22 bits per heavy atom. The van der Waals surface area contributed by atoms with E-state index in [1.807, 2.05) is 13.2 Å². The van der Waals surface area contributed by atoms with E-state index in [4.69, 9.17) is 4.42 Å². The SMILES string of the molecule is CCc1ccc(CN(C)Cc2nnc(C)o2)nc1. The molecule has 0 saturated heterocycles. The summed E-state index contributed by atoms with van der Waals surface area (Å²) in [6.07, 6.45) is 2.95. The molecule has 0 radical (unpaired) electrons. The lowest BCUT2D eigenvalue weighted by Gasteiger charge is -2.13. The van der Waals surface area contributed by atoms with Crippen molar-refractivity contribution in [2.45, 2.75) is 33.4 Å². The van der Waals surface area contributed by atoms with E-state index in [0.717, 1.165) is 18.7 Å². The minimum absolute atomic E-state index is 0.601. The van der Waals surface area contributed by atoms with E-state index in [-0.39, 0.29) is 0 Å². The predicted octanol–water partition coefficient (Wildman–Crippen LogP) is 1.97. The van der Waals surface area contributed by atoms with Crippen LogP contribution in [0.4, 0.5) is 0 Å². The maximum atomic E-state index is 5.34. The van der Waals surface area contributed by atoms with Gasteiger partial charge in [0.1, 0.15) is 0 Å². The summed E-state index contributed by atoms with van der Waals surface area (Å²) in [6, 6.07) is 4.18. The van der Waals surface area contributed by atoms with Crippen molar-refractivity contribution in [2.24, 2.45) is 0 Å². The van der Waals surface area contributed by atoms with Gasteiger partial charge in [-0.2, -0.15) is 0 Å². The van der Waals surface area contributed by atoms with E-state index in [1.165, 1.54) is 5.56 Å². The molecule has 2 rings (SSSR count). The molecular weight excluding hydrogens is 228 g/mol. The molecule has 0 N–H and O–H groups in total. The summed E-state index contributed by atoms with van der Waals surface area (Å²) >= 11 is 0. The minimum atomic E-state index is 0.601. The highest BCUT2D eigenvalue weighted by Gasteiger charge is 2.07. The van der Waals surface area contributed by atoms with Crippen molar-refractivity contribution in [3.8, 4) is 0 Å². The molecule has 0 fully saturated rings. The second-order valence-corrected chi connectivity index (χ2v) is 4.40. The van der Waals surface area contributed by atoms with Crippen molar-refractivity contribution in [3.63, 3.8) is 0 Å². The number of nitrogens with zero attached hydrogens (tertiary/aromatic N) is 4. The van der Waals surface area contributed by atoms with Gasteiger partial charge in [0.25, 0.3) is 0 Å². The monoisotopic (exact) mass is 246 g/mol. The number of aromatic nitrogens is 3. The predicted molar refractivity (Wildman–Crippen MR) is 67.8 cm³/mol. The first-order valence-corrected chi connectivity index (χ1v) is 6.08. The Hall–Kier alpha value is -1.75. The van der Waals surface area contributed by atoms with Gasteiger partial charge in [0, 0.05) is 19.7 Å². The van der Waals surface area contributed by atoms with Gasteiger partial charge >= 0.3 is 0 Å². The average molecular weight is 246 g/mol. The van der Waals surface area contributed by atoms with Crippen molar-refractivity contribution < 1.29 is 4.42 Å². The first kappa shape index (κ1) is 12.7. The van der Waals surface area contributed by atoms with Gasteiger partial charge in [-0.15, -0.1) is 10.2 Å². The summed E-state index contributed by atoms with van der Waals surface area (Å²) in [7, 11) is 2.01. The summed E-state index contributed by atoms with van der Waals surface area (Å²) < 4.78 is 5.34. The second-order valence-electron chi connectivity index (χ2n) is 4.40. The van der Waals surface area contributed by atoms with E-state index >= 15 is 0 Å². The molecule has 0 saturated carbocycles. The fraction of sp³-hybridized carbons (Fsp3) is 0.462. The third kappa shape index (κ3) is 3.37. The van der Waals surface area contributed by atoms with E-state index in [2.05, 4.69) is 39.1 Å². The third-order valence-electron chi connectivity index (χ3n) is 2.70. The Morgan fingerprint density at radius 2 is 2.06 bits per heavy atom. The second kappa shape index (κ2) is 5.73. The van der Waals surface area contributed by atoms with Crippen LogP contribution in [0.3, 0.4) is 0 Å². The first-order valence-electron chi connectivity index (χ1n) is 6.08. The summed E-state index contributed by atoms with van der Waals surface area (Å²) in [6.45, 7) is 5.33. The van der Waals surface area contributed by atoms with Gasteiger partial charge in [-0.3, -0.25) is 9.88 Å². The molecule has 0 unspecified atom stereocenters. The molecule has 0 bridgehead atoms. The molecule has 0 aliphatic heterocycles. The van der Waals surface area contributed by atoms with Gasteiger partial charge in [-0.1, -0.05) is 13.0 Å². The van der Waals surface area contributed by atoms with Gasteiger partial charge in [-0.25, -0.2) is 0 Å². The van der Waals surface area contributed by atoms with Crippen molar-refractivity contribution >= 4 is 0 Å². The van der Waals surface area contributed by atoms with Crippen LogP contribution in [-0.2, 0) is 19.5 Å². The molecule has 0 aromatic carbocycles. The molecule has 0 aliphatic carbocycles. The van der Waals surface area contributed by atoms with Crippen LogP contribution in [0.15, 0.2) is 22.7 Å². The van der Waals surface area contributed by atoms with E-state index in [1.54, 1.807) is 6.92 Å². The Labute approximate surface area is 107 Å². The summed E-state index contributed by atoms with van der Waals surface area (Å²) in [4.78, 5) is 6.53. The van der Waals surface area contributed by atoms with Gasteiger partial charge in [0.05, 0.1) is 12.2 Å². The largest absolute Gasteiger partial charge is 0.424 e. The maximum Gasteiger partial charge on any atom is 0.230 e. The normalized spacial score (nSPS) is 11.1. The Kier molecular flexibility index (Phi) is 4.04. The Morgan fingerprint density at radius 3 is 2.61 bits per heavy atom. The Balaban J connectivity index is 1.91. The lowest BCUT2D eigenvalue weighted by molar-refractivity contribution is 0.276. The molecule has 96 valence electrons. The molecule has 2 heterocycles. The smallest absolute Gasteiger partial charge is 0.230 e. The summed E-state index contributed by atoms with van der Waals surface area (Å²) in [5.74, 6) is 1.24. The molecule has 0 aliphatic rings. The topological polar surface area (TPSA) is 55.1 Å². The van der Waals surface area contributed by atoms with Crippen molar-refractivity contribution in [1.29, 1.82) is 0 Å². The molecule has 2 aromatic heterocycles. The number of pyridine rings is 1. The van der Waals surface area contributed by atoms with Crippen LogP contribution in [0.2, 0.25) is 0 Å². The fourth-order valence-corrected chi connectivity index (χ4v) is 1.72. The van der Waals surface area contributed by atoms with Gasteiger partial charge in [-0.05, 0) is 25.1 Å². The molecule has 0 atom stereocenters. The standard InChI is InChI=1S/C13H18N4O/c1-4-11-5-6-12(14-7-11)8-17(3)9-13-16-15-10(2)18-13/h5-7H,4,8-9H2,1-3H3. The highest BCUT2D eigenvalue weighted by Crippen LogP contribution is 2.07. The highest BCUT2D eigenvalue weighted by molar-refractivity contribution is 5.13. The minimum Gasteiger partial charge on any atom is -0.424 e. The van der Waals surface area contributed by atoms with Gasteiger partial charge < -0.3 is 4.42 Å². The number of hydrogen-bond acceptors (Lipinski definition) is 5. The zero-order valence-corrected chi connectivity index (χ0v) is 11.1. The zero-order chi connectivity index (χ0) is 13.0. The molecule has 2 aromatic rings. The number of rotatable bonds is 5. The van der Waals surface area contributed by atoms with Crippen molar-refractivity contribution in [3.05, 3.63) is 41.4 Å². The van der Waals surface area contributed by atoms with Crippen molar-refractivity contribution in [1.82, 2.24) is 20.1 Å². The Bertz CT molecular complexity index is 492. The van der Waals surface area contributed by atoms with Crippen LogP contribution in [-0.4, -0.2) is 27.1 Å². The fourth-order valence-electron chi connectivity index (χ4n) is 1.72. The number of hydrogen-bond donors (Lipinski definition) is 0. The summed E-state index contributed by atoms with van der Waals surface area (Å²) in [5, 5.41) is 7.79. The van der Waals surface area contributed by atoms with E-state index < -0.39 is 0 Å². The molecule has 5 nitrogen and oxygen atoms in total. The van der Waals surface area contributed by atoms with E-state index in [0.29, 0.717) is 18.3 Å². The maximum absolute atomic E-state index is 5.34. The lowest BCUT2D eigenvalue weighted by Crippen LogP contribution is -2.18. The van der Waals surface area contributed by atoms with Crippen LogP contribution in [0.25, 0.3) is 0 Å². The van der Waals surface area contributed by atoms with Crippen molar-refractivity contribution in [2.75, 3.05) is 7.05 Å². The molecule has 18 heavy (non-hydrogen) atoms. The zero-order valence-electron chi connectivity index (χ0n) is 11.1. The van der Waals surface area contributed by atoms with Crippen LogP contribution in [0.1, 0.15) is 30.0 Å². The van der Waals surface area contributed by atoms with Crippen LogP contribution in [0.5, 0.6) is 0 Å². The molecule has 0 spiro atoms. The van der Waals surface area contributed by atoms with Gasteiger partial charge in [0.15, 0.2) is 0 Å². The van der Waals surface area contributed by atoms with Crippen LogP contribution < -0.4 is 0 Å². The molecular formula is C13H18N4O. The van der Waals surface area contributed by atoms with E-state index in [9.17, 15) is 0 Å². The highest BCUT2D eigenvalue weighted by atomic mass is 16.4. The first-order chi connectivity index (χ1) is 8.67. The molecule has 5 heteroatoms. The summed E-state index contributed by atoms with van der Waals surface area (Å²) in [5.41, 5.74) is 2.31. The average Bonchev–Trinajstić information content (AvgIpc) is 2.75. The lowest BCUT2D eigenvalue weighted by atomic mass is 10.2. The third-order valence-corrected chi connectivity index (χ3v) is 2.70. The number of aryl methyl sites for hydroxylation is 2. The molecule has 0 amide bonds. The van der Waals surface area contributed by atoms with Crippen LogP contribution in [0, 0.1) is 6.92 Å². The van der Waals surface area contributed by atoms with Gasteiger partial charge in [0.2, 0.25) is 11.8 Å². The van der Waals surface area contributed by atoms with Crippen LogP contribution >= 0.6 is 0 Å².